The summed E-state index contributed by atoms with van der Waals surface area (Å²) in [6, 6.07) is 8.77. The van der Waals surface area contributed by atoms with Gasteiger partial charge in [0.1, 0.15) is 12.4 Å². The average molecular weight is 207 g/mol. The highest BCUT2D eigenvalue weighted by Gasteiger charge is 2.03. The van der Waals surface area contributed by atoms with Crippen molar-refractivity contribution in [2.45, 2.75) is 32.7 Å². The molecule has 2 heteroatoms. The molecule has 1 aromatic carbocycles. The van der Waals surface area contributed by atoms with E-state index in [0.717, 1.165) is 25.2 Å². The lowest BCUT2D eigenvalue weighted by molar-refractivity contribution is 0.267. The number of rotatable bonds is 6. The highest BCUT2D eigenvalue weighted by atomic mass is 16.5. The van der Waals surface area contributed by atoms with Gasteiger partial charge < -0.3 is 10.1 Å². The Morgan fingerprint density at radius 3 is 2.33 bits per heavy atom. The molecule has 84 valence electrons. The molecule has 0 saturated carbocycles. The van der Waals surface area contributed by atoms with Crippen molar-refractivity contribution in [2.75, 3.05) is 13.7 Å². The average Bonchev–Trinajstić information content (AvgIpc) is 2.31. The van der Waals surface area contributed by atoms with Crippen LogP contribution in [0.1, 0.15) is 25.8 Å². The van der Waals surface area contributed by atoms with Gasteiger partial charge in [0, 0.05) is 6.04 Å². The molecule has 0 aromatic heterocycles. The first-order chi connectivity index (χ1) is 7.30. The van der Waals surface area contributed by atoms with Crippen LogP contribution < -0.4 is 10.1 Å². The molecule has 2 nitrogen and oxygen atoms in total. The zero-order valence-corrected chi connectivity index (χ0v) is 9.92. The number of likely N-dealkylation sites (N-methyl/N-ethyl adjacent to an activating group) is 1. The van der Waals surface area contributed by atoms with Gasteiger partial charge in [0.25, 0.3) is 0 Å². The van der Waals surface area contributed by atoms with Crippen molar-refractivity contribution in [1.29, 1.82) is 0 Å². The molecule has 0 bridgehead atoms. The van der Waals surface area contributed by atoms with Gasteiger partial charge in [0.15, 0.2) is 0 Å². The van der Waals surface area contributed by atoms with Crippen molar-refractivity contribution in [2.24, 2.45) is 0 Å². The standard InChI is InChI=1S/C13H21NO/c1-4-11-6-8-13(9-7-11)15-10-12(5-2)14-3/h6-9,12,14H,4-5,10H2,1-3H3. The monoisotopic (exact) mass is 207 g/mol. The zero-order valence-electron chi connectivity index (χ0n) is 9.92. The third-order valence-electron chi connectivity index (χ3n) is 2.68. The molecule has 1 rings (SSSR count). The van der Waals surface area contributed by atoms with Crippen LogP contribution in [0, 0.1) is 0 Å². The van der Waals surface area contributed by atoms with Gasteiger partial charge in [0.05, 0.1) is 0 Å². The molecule has 0 aliphatic heterocycles. The van der Waals surface area contributed by atoms with Gasteiger partial charge in [-0.1, -0.05) is 26.0 Å². The van der Waals surface area contributed by atoms with Crippen LogP contribution >= 0.6 is 0 Å². The van der Waals surface area contributed by atoms with Crippen molar-refractivity contribution in [1.82, 2.24) is 5.32 Å². The van der Waals surface area contributed by atoms with E-state index in [-0.39, 0.29) is 0 Å². The van der Waals surface area contributed by atoms with Crippen molar-refractivity contribution < 1.29 is 4.74 Å². The molecule has 1 atom stereocenters. The third-order valence-corrected chi connectivity index (χ3v) is 2.68. The maximum atomic E-state index is 5.69. The van der Waals surface area contributed by atoms with E-state index in [9.17, 15) is 0 Å². The van der Waals surface area contributed by atoms with E-state index in [0.29, 0.717) is 6.04 Å². The molecule has 0 heterocycles. The smallest absolute Gasteiger partial charge is 0.119 e. The Labute approximate surface area is 92.6 Å². The van der Waals surface area contributed by atoms with E-state index in [1.165, 1.54) is 5.56 Å². The van der Waals surface area contributed by atoms with E-state index in [4.69, 9.17) is 4.74 Å². The molecule has 0 radical (unpaired) electrons. The van der Waals surface area contributed by atoms with Gasteiger partial charge in [-0.15, -0.1) is 0 Å². The second-order valence-electron chi connectivity index (χ2n) is 3.70. The molecule has 0 aliphatic rings. The van der Waals surface area contributed by atoms with Crippen molar-refractivity contribution in [3.05, 3.63) is 29.8 Å². The van der Waals surface area contributed by atoms with Gasteiger partial charge >= 0.3 is 0 Å². The second kappa shape index (κ2) is 6.46. The van der Waals surface area contributed by atoms with Crippen LogP contribution in [0.4, 0.5) is 0 Å². The predicted molar refractivity (Wildman–Crippen MR) is 64.5 cm³/mol. The van der Waals surface area contributed by atoms with Crippen LogP contribution in [-0.4, -0.2) is 19.7 Å². The summed E-state index contributed by atoms with van der Waals surface area (Å²) in [7, 11) is 1.97. The SMILES string of the molecule is CCc1ccc(OCC(CC)NC)cc1. The highest BCUT2D eigenvalue weighted by Crippen LogP contribution is 2.12. The molecule has 15 heavy (non-hydrogen) atoms. The van der Waals surface area contributed by atoms with Gasteiger partial charge in [-0.3, -0.25) is 0 Å². The van der Waals surface area contributed by atoms with Gasteiger partial charge in [-0.05, 0) is 37.6 Å². The molecule has 0 spiro atoms. The zero-order chi connectivity index (χ0) is 11.1. The largest absolute Gasteiger partial charge is 0.492 e. The van der Waals surface area contributed by atoms with Crippen LogP contribution in [0.15, 0.2) is 24.3 Å². The van der Waals surface area contributed by atoms with Crippen LogP contribution in [0.5, 0.6) is 5.75 Å². The van der Waals surface area contributed by atoms with E-state index in [1.807, 2.05) is 19.2 Å². The lowest BCUT2D eigenvalue weighted by atomic mass is 10.2. The Hall–Kier alpha value is -1.02. The molecule has 1 N–H and O–H groups in total. The van der Waals surface area contributed by atoms with Gasteiger partial charge in [0.2, 0.25) is 0 Å². The number of aryl methyl sites for hydroxylation is 1. The normalized spacial score (nSPS) is 12.5. The number of hydrogen-bond donors (Lipinski definition) is 1. The lowest BCUT2D eigenvalue weighted by Gasteiger charge is -2.14. The van der Waals surface area contributed by atoms with Crippen LogP contribution in [-0.2, 0) is 6.42 Å². The summed E-state index contributed by atoms with van der Waals surface area (Å²) in [6.45, 7) is 5.05. The van der Waals surface area contributed by atoms with Crippen LogP contribution in [0.3, 0.4) is 0 Å². The molecular weight excluding hydrogens is 186 g/mol. The number of hydrogen-bond acceptors (Lipinski definition) is 2. The van der Waals surface area contributed by atoms with E-state index < -0.39 is 0 Å². The number of ether oxygens (including phenoxy) is 1. The highest BCUT2D eigenvalue weighted by molar-refractivity contribution is 5.27. The minimum Gasteiger partial charge on any atom is -0.492 e. The first kappa shape index (κ1) is 12.1. The summed E-state index contributed by atoms with van der Waals surface area (Å²) in [5, 5.41) is 3.22. The number of benzene rings is 1. The number of nitrogens with one attached hydrogen (secondary N) is 1. The Kier molecular flexibility index (Phi) is 5.19. The van der Waals surface area contributed by atoms with E-state index in [2.05, 4.69) is 31.3 Å². The second-order valence-corrected chi connectivity index (χ2v) is 3.70. The van der Waals surface area contributed by atoms with Crippen molar-refractivity contribution in [3.8, 4) is 5.75 Å². The third kappa shape index (κ3) is 3.92. The molecule has 0 aliphatic carbocycles. The van der Waals surface area contributed by atoms with E-state index in [1.54, 1.807) is 0 Å². The fourth-order valence-corrected chi connectivity index (χ4v) is 1.42. The maximum Gasteiger partial charge on any atom is 0.119 e. The Morgan fingerprint density at radius 2 is 1.87 bits per heavy atom. The quantitative estimate of drug-likeness (QED) is 0.774. The summed E-state index contributed by atoms with van der Waals surface area (Å²) >= 11 is 0. The van der Waals surface area contributed by atoms with Crippen molar-refractivity contribution in [3.63, 3.8) is 0 Å². The van der Waals surface area contributed by atoms with Crippen molar-refractivity contribution >= 4 is 0 Å². The predicted octanol–water partition coefficient (Wildman–Crippen LogP) is 2.63. The fourth-order valence-electron chi connectivity index (χ4n) is 1.42. The topological polar surface area (TPSA) is 21.3 Å². The van der Waals surface area contributed by atoms with Crippen LogP contribution in [0.2, 0.25) is 0 Å². The first-order valence-corrected chi connectivity index (χ1v) is 5.69. The summed E-state index contributed by atoms with van der Waals surface area (Å²) in [5.41, 5.74) is 1.35. The molecule has 1 unspecified atom stereocenters. The summed E-state index contributed by atoms with van der Waals surface area (Å²) < 4.78 is 5.69. The van der Waals surface area contributed by atoms with Crippen LogP contribution in [0.25, 0.3) is 0 Å². The molecule has 0 fully saturated rings. The van der Waals surface area contributed by atoms with E-state index >= 15 is 0 Å². The maximum absolute atomic E-state index is 5.69. The van der Waals surface area contributed by atoms with Gasteiger partial charge in [-0.25, -0.2) is 0 Å². The fraction of sp³-hybridized carbons (Fsp3) is 0.538. The molecular formula is C13H21NO. The van der Waals surface area contributed by atoms with Gasteiger partial charge in [-0.2, -0.15) is 0 Å². The molecule has 0 amide bonds. The Bertz CT molecular complexity index is 264. The molecule has 0 saturated heterocycles. The summed E-state index contributed by atoms with van der Waals surface area (Å²) in [5.74, 6) is 0.959. The molecule has 1 aromatic rings. The lowest BCUT2D eigenvalue weighted by Crippen LogP contribution is -2.30. The Balaban J connectivity index is 2.43. The first-order valence-electron chi connectivity index (χ1n) is 5.69. The minimum absolute atomic E-state index is 0.441. The summed E-state index contributed by atoms with van der Waals surface area (Å²) in [4.78, 5) is 0. The Morgan fingerprint density at radius 1 is 1.20 bits per heavy atom. The minimum atomic E-state index is 0.441. The summed E-state index contributed by atoms with van der Waals surface area (Å²) in [6.07, 6.45) is 2.16.